The van der Waals surface area contributed by atoms with E-state index in [1.807, 2.05) is 18.2 Å². The number of carbonyl (C=O) groups excluding carboxylic acids is 1. The third-order valence-corrected chi connectivity index (χ3v) is 7.16. The number of methoxy groups -OCH3 is 2. The Hall–Kier alpha value is -1.96. The van der Waals surface area contributed by atoms with Crippen molar-refractivity contribution in [3.05, 3.63) is 57.6 Å². The monoisotopic (exact) mass is 457 g/mol. The molecule has 2 aromatic carbocycles. The van der Waals surface area contributed by atoms with Gasteiger partial charge in [0.2, 0.25) is 0 Å². The summed E-state index contributed by atoms with van der Waals surface area (Å²) in [6.07, 6.45) is 0.385. The molecule has 1 aliphatic rings. The number of hydrogen-bond acceptors (Lipinski definition) is 5. The van der Waals surface area contributed by atoms with Gasteiger partial charge in [0.1, 0.15) is 5.75 Å². The Balaban J connectivity index is 1.97. The molecule has 6 nitrogen and oxygen atoms in total. The van der Waals surface area contributed by atoms with E-state index in [4.69, 9.17) is 32.7 Å². The minimum atomic E-state index is -3.18. The zero-order chi connectivity index (χ0) is 21.2. The van der Waals surface area contributed by atoms with Crippen LogP contribution in [0, 0.1) is 0 Å². The van der Waals surface area contributed by atoms with E-state index in [-0.39, 0.29) is 45.3 Å². The van der Waals surface area contributed by atoms with Crippen molar-refractivity contribution < 1.29 is 22.7 Å². The van der Waals surface area contributed by atoms with E-state index in [1.54, 1.807) is 18.1 Å². The highest BCUT2D eigenvalue weighted by atomic mass is 35.5. The quantitative estimate of drug-likeness (QED) is 0.658. The highest BCUT2D eigenvalue weighted by Crippen LogP contribution is 2.35. The normalized spacial score (nSPS) is 17.7. The molecule has 3 rings (SSSR count). The number of rotatable bonds is 6. The van der Waals surface area contributed by atoms with Crippen LogP contribution in [0.15, 0.2) is 36.4 Å². The maximum absolute atomic E-state index is 13.3. The predicted molar refractivity (Wildman–Crippen MR) is 113 cm³/mol. The van der Waals surface area contributed by atoms with Gasteiger partial charge >= 0.3 is 0 Å². The first-order valence-electron chi connectivity index (χ1n) is 8.91. The van der Waals surface area contributed by atoms with E-state index in [2.05, 4.69) is 0 Å². The Kier molecular flexibility index (Phi) is 6.61. The molecule has 0 aromatic heterocycles. The van der Waals surface area contributed by atoms with Gasteiger partial charge in [0, 0.05) is 18.2 Å². The topological polar surface area (TPSA) is 72.9 Å². The average Bonchev–Trinajstić information content (AvgIpc) is 3.05. The SMILES string of the molecule is COc1cccc(CN(C(=O)c2cc(Cl)c(OC)c(Cl)c2)[C@H]2CCS(=O)(=O)C2)c1. The van der Waals surface area contributed by atoms with Crippen molar-refractivity contribution in [2.75, 3.05) is 25.7 Å². The smallest absolute Gasteiger partial charge is 0.254 e. The molecule has 0 bridgehead atoms. The van der Waals surface area contributed by atoms with Gasteiger partial charge in [0.05, 0.1) is 35.8 Å². The number of nitrogens with zero attached hydrogens (tertiary/aromatic N) is 1. The van der Waals surface area contributed by atoms with Gasteiger partial charge < -0.3 is 14.4 Å². The van der Waals surface area contributed by atoms with Crippen molar-refractivity contribution in [3.63, 3.8) is 0 Å². The molecular formula is C20H21Cl2NO5S. The van der Waals surface area contributed by atoms with Crippen molar-refractivity contribution in [3.8, 4) is 11.5 Å². The van der Waals surface area contributed by atoms with Crippen LogP contribution in [-0.4, -0.2) is 51.0 Å². The van der Waals surface area contributed by atoms with E-state index in [0.29, 0.717) is 12.2 Å². The standard InChI is InChI=1S/C20H21Cl2NO5S/c1-27-16-5-3-4-13(8-16)11-23(15-6-7-29(25,26)12-15)20(24)14-9-17(21)19(28-2)18(22)10-14/h3-5,8-10,15H,6-7,11-12H2,1-2H3/t15-/m0/s1. The summed E-state index contributed by atoms with van der Waals surface area (Å²) in [5, 5.41) is 0.424. The molecule has 0 N–H and O–H groups in total. The van der Waals surface area contributed by atoms with Gasteiger partial charge in [-0.05, 0) is 36.2 Å². The van der Waals surface area contributed by atoms with Crippen molar-refractivity contribution in [1.29, 1.82) is 0 Å². The number of sulfone groups is 1. The third kappa shape index (κ3) is 4.97. The van der Waals surface area contributed by atoms with Gasteiger partial charge in [-0.15, -0.1) is 0 Å². The second-order valence-corrected chi connectivity index (χ2v) is 9.86. The maximum atomic E-state index is 13.3. The van der Waals surface area contributed by atoms with Crippen molar-refractivity contribution in [1.82, 2.24) is 4.90 Å². The molecule has 1 atom stereocenters. The van der Waals surface area contributed by atoms with E-state index in [9.17, 15) is 13.2 Å². The Bertz CT molecular complexity index is 1000. The Labute approximate surface area is 180 Å². The second kappa shape index (κ2) is 8.81. The molecule has 0 radical (unpaired) electrons. The summed E-state index contributed by atoms with van der Waals surface area (Å²) in [5.74, 6) is 0.586. The molecule has 0 saturated carbocycles. The van der Waals surface area contributed by atoms with Gasteiger partial charge in [-0.2, -0.15) is 0 Å². The molecule has 9 heteroatoms. The Morgan fingerprint density at radius 1 is 1.14 bits per heavy atom. The van der Waals surface area contributed by atoms with Gasteiger partial charge in [-0.1, -0.05) is 35.3 Å². The van der Waals surface area contributed by atoms with E-state index >= 15 is 0 Å². The fraction of sp³-hybridized carbons (Fsp3) is 0.350. The number of benzene rings is 2. The molecule has 2 aromatic rings. The summed E-state index contributed by atoms with van der Waals surface area (Å²) in [6, 6.07) is 9.84. The van der Waals surface area contributed by atoms with Crippen LogP contribution in [0.25, 0.3) is 0 Å². The maximum Gasteiger partial charge on any atom is 0.254 e. The molecular weight excluding hydrogens is 437 g/mol. The summed E-state index contributed by atoms with van der Waals surface area (Å²) in [4.78, 5) is 14.9. The van der Waals surface area contributed by atoms with Crippen LogP contribution in [0.2, 0.25) is 10.0 Å². The summed E-state index contributed by atoms with van der Waals surface area (Å²) < 4.78 is 34.5. The molecule has 1 fully saturated rings. The highest BCUT2D eigenvalue weighted by Gasteiger charge is 2.35. The first-order valence-corrected chi connectivity index (χ1v) is 11.5. The predicted octanol–water partition coefficient (Wildman–Crippen LogP) is 3.84. The molecule has 0 unspecified atom stereocenters. The number of halogens is 2. The van der Waals surface area contributed by atoms with Crippen molar-refractivity contribution >= 4 is 38.9 Å². The molecule has 1 heterocycles. The van der Waals surface area contributed by atoms with Gasteiger partial charge in [-0.3, -0.25) is 4.79 Å². The summed E-state index contributed by atoms with van der Waals surface area (Å²) in [6.45, 7) is 0.234. The summed E-state index contributed by atoms with van der Waals surface area (Å²) >= 11 is 12.4. The van der Waals surface area contributed by atoms with Crippen LogP contribution in [-0.2, 0) is 16.4 Å². The molecule has 1 amide bonds. The first-order chi connectivity index (χ1) is 13.7. The first kappa shape index (κ1) is 21.7. The lowest BCUT2D eigenvalue weighted by Crippen LogP contribution is -2.40. The largest absolute Gasteiger partial charge is 0.497 e. The lowest BCUT2D eigenvalue weighted by Gasteiger charge is -2.29. The fourth-order valence-corrected chi connectivity index (χ4v) is 5.77. The van der Waals surface area contributed by atoms with E-state index < -0.39 is 15.9 Å². The molecule has 29 heavy (non-hydrogen) atoms. The average molecular weight is 458 g/mol. The fourth-order valence-electron chi connectivity index (χ4n) is 3.40. The Morgan fingerprint density at radius 2 is 1.83 bits per heavy atom. The van der Waals surface area contributed by atoms with Crippen molar-refractivity contribution in [2.45, 2.75) is 19.0 Å². The van der Waals surface area contributed by atoms with Crippen LogP contribution in [0.5, 0.6) is 11.5 Å². The minimum absolute atomic E-state index is 0.0592. The van der Waals surface area contributed by atoms with Crippen LogP contribution >= 0.6 is 23.2 Å². The van der Waals surface area contributed by atoms with Crippen LogP contribution in [0.4, 0.5) is 0 Å². The molecule has 1 saturated heterocycles. The summed E-state index contributed by atoms with van der Waals surface area (Å²) in [5.41, 5.74) is 1.10. The van der Waals surface area contributed by atoms with Gasteiger partial charge in [-0.25, -0.2) is 8.42 Å². The molecule has 0 aliphatic carbocycles. The molecule has 0 spiro atoms. The zero-order valence-electron chi connectivity index (χ0n) is 16.0. The van der Waals surface area contributed by atoms with E-state index in [1.165, 1.54) is 19.2 Å². The number of ether oxygens (including phenoxy) is 2. The molecule has 156 valence electrons. The number of amides is 1. The van der Waals surface area contributed by atoms with Crippen LogP contribution < -0.4 is 9.47 Å². The zero-order valence-corrected chi connectivity index (χ0v) is 18.4. The van der Waals surface area contributed by atoms with E-state index in [0.717, 1.165) is 5.56 Å². The van der Waals surface area contributed by atoms with Gasteiger partial charge in [0.15, 0.2) is 15.6 Å². The second-order valence-electron chi connectivity index (χ2n) is 6.81. The third-order valence-electron chi connectivity index (χ3n) is 4.85. The van der Waals surface area contributed by atoms with Gasteiger partial charge in [0.25, 0.3) is 5.91 Å². The van der Waals surface area contributed by atoms with Crippen molar-refractivity contribution in [2.24, 2.45) is 0 Å². The minimum Gasteiger partial charge on any atom is -0.497 e. The Morgan fingerprint density at radius 3 is 2.38 bits per heavy atom. The number of carbonyl (C=O) groups is 1. The van der Waals surface area contributed by atoms with Crippen LogP contribution in [0.3, 0.4) is 0 Å². The highest BCUT2D eigenvalue weighted by molar-refractivity contribution is 7.91. The number of hydrogen-bond donors (Lipinski definition) is 0. The lowest BCUT2D eigenvalue weighted by molar-refractivity contribution is 0.0680. The lowest BCUT2D eigenvalue weighted by atomic mass is 10.1. The van der Waals surface area contributed by atoms with Crippen LogP contribution in [0.1, 0.15) is 22.3 Å². The summed E-state index contributed by atoms with van der Waals surface area (Å²) in [7, 11) is -0.179. The molecule has 1 aliphatic heterocycles.